The fourth-order valence-corrected chi connectivity index (χ4v) is 2.37. The topological polar surface area (TPSA) is 32.5 Å². The van der Waals surface area contributed by atoms with Gasteiger partial charge in [0, 0.05) is 30.9 Å². The predicted octanol–water partition coefficient (Wildman–Crippen LogP) is 2.75. The molecule has 19 heavy (non-hydrogen) atoms. The molecule has 0 spiro atoms. The average Bonchev–Trinajstić information content (AvgIpc) is 2.33. The van der Waals surface area contributed by atoms with E-state index in [1.807, 2.05) is 18.2 Å². The fourth-order valence-electron chi connectivity index (χ4n) is 1.86. The Labute approximate surface area is 126 Å². The van der Waals surface area contributed by atoms with E-state index in [4.69, 9.17) is 29.6 Å². The molecule has 0 bridgehead atoms. The van der Waals surface area contributed by atoms with Gasteiger partial charge in [-0.1, -0.05) is 30.7 Å². The molecule has 2 N–H and O–H groups in total. The van der Waals surface area contributed by atoms with E-state index in [0.717, 1.165) is 37.3 Å². The van der Waals surface area contributed by atoms with Crippen molar-refractivity contribution >= 4 is 34.5 Å². The second kappa shape index (κ2) is 7.68. The summed E-state index contributed by atoms with van der Waals surface area (Å²) in [5.74, 6) is 0. The smallest absolute Gasteiger partial charge is 0.105 e. The first kappa shape index (κ1) is 16.2. The summed E-state index contributed by atoms with van der Waals surface area (Å²) in [5, 5.41) is 0.621. The molecular weight excluding hydrogens is 278 g/mol. The van der Waals surface area contributed by atoms with Crippen LogP contribution in [0.3, 0.4) is 0 Å². The van der Waals surface area contributed by atoms with Gasteiger partial charge in [-0.2, -0.15) is 0 Å². The number of rotatable bonds is 7. The van der Waals surface area contributed by atoms with Gasteiger partial charge in [0.2, 0.25) is 0 Å². The summed E-state index contributed by atoms with van der Waals surface area (Å²) in [6.07, 6.45) is 1.10. The maximum Gasteiger partial charge on any atom is 0.105 e. The molecule has 0 saturated carbocycles. The van der Waals surface area contributed by atoms with E-state index in [1.54, 1.807) is 0 Å². The van der Waals surface area contributed by atoms with Crippen molar-refractivity contribution in [2.24, 2.45) is 5.73 Å². The molecule has 1 rings (SSSR count). The van der Waals surface area contributed by atoms with Crippen molar-refractivity contribution < 1.29 is 0 Å². The number of nitrogens with two attached hydrogens (primary N) is 1. The molecule has 0 saturated heterocycles. The van der Waals surface area contributed by atoms with Crippen LogP contribution in [0.25, 0.3) is 0 Å². The second-order valence-electron chi connectivity index (χ2n) is 4.82. The van der Waals surface area contributed by atoms with E-state index < -0.39 is 0 Å². The highest BCUT2D eigenvalue weighted by atomic mass is 35.5. The lowest BCUT2D eigenvalue weighted by atomic mass is 10.2. The molecule has 0 fully saturated rings. The standard InChI is InChI=1S/C14H22ClN3S/c1-4-7-18(9-8-17(2)3)11-5-6-12(14(16)19)13(15)10-11/h5-6,10H,4,7-9H2,1-3H3,(H2,16,19). The molecule has 3 nitrogen and oxygen atoms in total. The van der Waals surface area contributed by atoms with E-state index in [9.17, 15) is 0 Å². The van der Waals surface area contributed by atoms with Gasteiger partial charge in [-0.15, -0.1) is 0 Å². The Morgan fingerprint density at radius 2 is 1.95 bits per heavy atom. The van der Waals surface area contributed by atoms with Crippen LogP contribution in [0.5, 0.6) is 0 Å². The zero-order chi connectivity index (χ0) is 14.4. The molecule has 0 aliphatic heterocycles. The van der Waals surface area contributed by atoms with Crippen LogP contribution in [-0.4, -0.2) is 43.6 Å². The van der Waals surface area contributed by atoms with Gasteiger partial charge < -0.3 is 15.5 Å². The number of nitrogens with zero attached hydrogens (tertiary/aromatic N) is 2. The van der Waals surface area contributed by atoms with Crippen LogP contribution >= 0.6 is 23.8 Å². The van der Waals surface area contributed by atoms with Gasteiger partial charge in [-0.3, -0.25) is 0 Å². The molecule has 0 unspecified atom stereocenters. The average molecular weight is 300 g/mol. The van der Waals surface area contributed by atoms with Crippen molar-refractivity contribution in [2.45, 2.75) is 13.3 Å². The Hall–Kier alpha value is -0.840. The van der Waals surface area contributed by atoms with E-state index >= 15 is 0 Å². The highest BCUT2D eigenvalue weighted by molar-refractivity contribution is 7.80. The SMILES string of the molecule is CCCN(CCN(C)C)c1ccc(C(N)=S)c(Cl)c1. The van der Waals surface area contributed by atoms with Crippen LogP contribution < -0.4 is 10.6 Å². The zero-order valence-corrected chi connectivity index (χ0v) is 13.4. The Kier molecular flexibility index (Phi) is 6.55. The summed E-state index contributed by atoms with van der Waals surface area (Å²) in [7, 11) is 4.15. The Morgan fingerprint density at radius 1 is 1.26 bits per heavy atom. The van der Waals surface area contributed by atoms with E-state index in [-0.39, 0.29) is 0 Å². The van der Waals surface area contributed by atoms with Crippen LogP contribution in [0.4, 0.5) is 5.69 Å². The van der Waals surface area contributed by atoms with Crippen LogP contribution in [0.2, 0.25) is 5.02 Å². The minimum atomic E-state index is 0.340. The van der Waals surface area contributed by atoms with Crippen molar-refractivity contribution in [1.82, 2.24) is 4.90 Å². The van der Waals surface area contributed by atoms with Gasteiger partial charge in [-0.25, -0.2) is 0 Å². The zero-order valence-electron chi connectivity index (χ0n) is 11.8. The molecule has 0 aromatic heterocycles. The molecule has 0 amide bonds. The first-order chi connectivity index (χ1) is 8.95. The van der Waals surface area contributed by atoms with E-state index in [0.29, 0.717) is 10.0 Å². The number of halogens is 1. The minimum Gasteiger partial charge on any atom is -0.389 e. The van der Waals surface area contributed by atoms with Gasteiger partial charge in [0.15, 0.2) is 0 Å². The van der Waals surface area contributed by atoms with Crippen molar-refractivity contribution in [2.75, 3.05) is 38.6 Å². The summed E-state index contributed by atoms with van der Waals surface area (Å²) in [6, 6.07) is 5.88. The molecular formula is C14H22ClN3S. The van der Waals surface area contributed by atoms with Gasteiger partial charge in [0.05, 0.1) is 5.02 Å². The Balaban J connectivity index is 2.90. The van der Waals surface area contributed by atoms with Crippen molar-refractivity contribution in [1.29, 1.82) is 0 Å². The lowest BCUT2D eigenvalue weighted by molar-refractivity contribution is 0.413. The quantitative estimate of drug-likeness (QED) is 0.785. The normalized spacial score (nSPS) is 10.8. The van der Waals surface area contributed by atoms with Gasteiger partial charge in [0.25, 0.3) is 0 Å². The maximum atomic E-state index is 6.23. The van der Waals surface area contributed by atoms with Crippen molar-refractivity contribution in [3.63, 3.8) is 0 Å². The number of thiocarbonyl (C=S) groups is 1. The number of hydrogen-bond acceptors (Lipinski definition) is 3. The molecule has 0 heterocycles. The molecule has 5 heteroatoms. The third kappa shape index (κ3) is 4.97. The lowest BCUT2D eigenvalue weighted by Crippen LogP contribution is -2.32. The second-order valence-corrected chi connectivity index (χ2v) is 5.67. The molecule has 1 aromatic rings. The summed E-state index contributed by atoms with van der Waals surface area (Å²) >= 11 is 11.2. The van der Waals surface area contributed by atoms with Crippen LogP contribution in [-0.2, 0) is 0 Å². The lowest BCUT2D eigenvalue weighted by Gasteiger charge is -2.26. The number of hydrogen-bond donors (Lipinski definition) is 1. The number of benzene rings is 1. The number of likely N-dealkylation sites (N-methyl/N-ethyl adjacent to an activating group) is 1. The fraction of sp³-hybridized carbons (Fsp3) is 0.500. The molecule has 0 aliphatic carbocycles. The molecule has 1 aromatic carbocycles. The van der Waals surface area contributed by atoms with Gasteiger partial charge in [-0.05, 0) is 38.7 Å². The van der Waals surface area contributed by atoms with Crippen molar-refractivity contribution in [3.8, 4) is 0 Å². The number of anilines is 1. The van der Waals surface area contributed by atoms with Crippen LogP contribution in [0, 0.1) is 0 Å². The van der Waals surface area contributed by atoms with E-state index in [2.05, 4.69) is 30.8 Å². The third-order valence-electron chi connectivity index (χ3n) is 2.89. The van der Waals surface area contributed by atoms with Crippen LogP contribution in [0.1, 0.15) is 18.9 Å². The summed E-state index contributed by atoms with van der Waals surface area (Å²) in [6.45, 7) is 5.17. The predicted molar refractivity (Wildman–Crippen MR) is 88.4 cm³/mol. The summed E-state index contributed by atoms with van der Waals surface area (Å²) < 4.78 is 0. The van der Waals surface area contributed by atoms with Crippen LogP contribution in [0.15, 0.2) is 18.2 Å². The third-order valence-corrected chi connectivity index (χ3v) is 3.43. The first-order valence-corrected chi connectivity index (χ1v) is 7.23. The minimum absolute atomic E-state index is 0.340. The van der Waals surface area contributed by atoms with Gasteiger partial charge >= 0.3 is 0 Å². The molecule has 0 atom stereocenters. The summed E-state index contributed by atoms with van der Waals surface area (Å²) in [5.41, 5.74) is 7.48. The maximum absolute atomic E-state index is 6.23. The highest BCUT2D eigenvalue weighted by Crippen LogP contribution is 2.24. The molecule has 106 valence electrons. The Morgan fingerprint density at radius 3 is 2.42 bits per heavy atom. The largest absolute Gasteiger partial charge is 0.389 e. The first-order valence-electron chi connectivity index (χ1n) is 6.44. The monoisotopic (exact) mass is 299 g/mol. The van der Waals surface area contributed by atoms with Crippen molar-refractivity contribution in [3.05, 3.63) is 28.8 Å². The highest BCUT2D eigenvalue weighted by Gasteiger charge is 2.10. The van der Waals surface area contributed by atoms with E-state index in [1.165, 1.54) is 0 Å². The van der Waals surface area contributed by atoms with Gasteiger partial charge in [0.1, 0.15) is 4.99 Å². The molecule has 0 aliphatic rings. The Bertz CT molecular complexity index is 435. The molecule has 0 radical (unpaired) electrons. The summed E-state index contributed by atoms with van der Waals surface area (Å²) in [4.78, 5) is 4.84.